The second-order valence-corrected chi connectivity index (χ2v) is 4.36. The zero-order chi connectivity index (χ0) is 12.3. The van der Waals surface area contributed by atoms with Gasteiger partial charge in [0, 0.05) is 18.3 Å². The minimum atomic E-state index is -6.21. The lowest BCUT2D eigenvalue weighted by atomic mass is 10.3. The number of carbonyl (C=O) groups is 1. The maximum atomic E-state index is 12.5. The predicted octanol–water partition coefficient (Wildman–Crippen LogP) is 0.959. The van der Waals surface area contributed by atoms with Crippen LogP contribution in [0.4, 0.5) is 12.7 Å². The molecule has 0 saturated heterocycles. The molecule has 1 N–H and O–H groups in total. The molecule has 0 aliphatic heterocycles. The van der Waals surface area contributed by atoms with Gasteiger partial charge in [-0.25, -0.2) is 0 Å². The molecule has 0 atom stereocenters. The molecule has 0 rings (SSSR count). The highest BCUT2D eigenvalue weighted by Crippen LogP contribution is 2.24. The average Bonchev–Trinajstić information content (AvgIpc) is 2.01. The lowest BCUT2D eigenvalue weighted by Gasteiger charge is -2.07. The molecular formula is C7H10F3NO3S. The van der Waals surface area contributed by atoms with Crippen LogP contribution in [0.3, 0.4) is 0 Å². The third-order valence-electron chi connectivity index (χ3n) is 1.26. The summed E-state index contributed by atoms with van der Waals surface area (Å²) in [5.41, 5.74) is 0. The Morgan fingerprint density at radius 1 is 1.40 bits per heavy atom. The molecule has 88 valence electrons. The fraction of sp³-hybridized carbons (Fsp3) is 0.571. The Labute approximate surface area is 85.4 Å². The van der Waals surface area contributed by atoms with Gasteiger partial charge in [0.25, 0.3) is 0 Å². The van der Waals surface area contributed by atoms with E-state index in [1.807, 2.05) is 0 Å². The minimum absolute atomic E-state index is 0.121. The van der Waals surface area contributed by atoms with E-state index in [9.17, 15) is 25.9 Å². The van der Waals surface area contributed by atoms with Crippen LogP contribution in [-0.4, -0.2) is 25.5 Å². The van der Waals surface area contributed by atoms with Crippen molar-refractivity contribution < 1.29 is 25.9 Å². The van der Waals surface area contributed by atoms with Crippen molar-refractivity contribution in [3.8, 4) is 0 Å². The van der Waals surface area contributed by atoms with Gasteiger partial charge in [-0.2, -0.15) is 17.2 Å². The molecular weight excluding hydrogens is 235 g/mol. The van der Waals surface area contributed by atoms with E-state index in [-0.39, 0.29) is 12.1 Å². The second-order valence-electron chi connectivity index (χ2n) is 2.97. The van der Waals surface area contributed by atoms with Crippen molar-refractivity contribution in [3.63, 3.8) is 0 Å². The summed E-state index contributed by atoms with van der Waals surface area (Å²) in [4.78, 5) is 10.6. The molecule has 0 heterocycles. The quantitative estimate of drug-likeness (QED) is 0.579. The number of hydrogen-bond donors (Lipinski definition) is 1. The predicted molar refractivity (Wildman–Crippen MR) is 47.4 cm³/mol. The summed E-state index contributed by atoms with van der Waals surface area (Å²) in [7, 11) is -6.21. The first kappa shape index (κ1) is 13.9. The normalized spacial score (nSPS) is 13.5. The molecule has 15 heavy (non-hydrogen) atoms. The number of rotatable bonds is 5. The van der Waals surface area contributed by atoms with E-state index < -0.39 is 21.3 Å². The van der Waals surface area contributed by atoms with Crippen LogP contribution in [0.1, 0.15) is 13.8 Å². The number of nitrogens with one attached hydrogen (secondary N) is 1. The molecule has 0 unspecified atom stereocenters. The van der Waals surface area contributed by atoms with Crippen molar-refractivity contribution in [1.29, 1.82) is 0 Å². The maximum absolute atomic E-state index is 12.5. The lowest BCUT2D eigenvalue weighted by Crippen LogP contribution is -2.34. The van der Waals surface area contributed by atoms with Gasteiger partial charge >= 0.3 is 15.5 Å². The Morgan fingerprint density at radius 3 is 2.20 bits per heavy atom. The van der Waals surface area contributed by atoms with E-state index in [1.165, 1.54) is 0 Å². The summed E-state index contributed by atoms with van der Waals surface area (Å²) in [6.45, 7) is 3.33. The van der Waals surface area contributed by atoms with Crippen molar-refractivity contribution in [2.24, 2.45) is 0 Å². The van der Waals surface area contributed by atoms with Crippen LogP contribution in [0.5, 0.6) is 0 Å². The van der Waals surface area contributed by atoms with Crippen LogP contribution in [0.2, 0.25) is 0 Å². The van der Waals surface area contributed by atoms with Crippen molar-refractivity contribution >= 4 is 16.0 Å². The molecule has 0 aliphatic carbocycles. The second kappa shape index (κ2) is 4.65. The molecule has 0 aromatic carbocycles. The number of hydrogen-bond acceptors (Lipinski definition) is 4. The van der Waals surface area contributed by atoms with E-state index in [2.05, 4.69) is 5.32 Å². The van der Waals surface area contributed by atoms with Crippen molar-refractivity contribution in [2.45, 2.75) is 25.1 Å². The third kappa shape index (κ3) is 3.90. The smallest absolute Gasteiger partial charge is 0.389 e. The minimum Gasteiger partial charge on any atom is -0.389 e. The highest BCUT2D eigenvalue weighted by molar-refractivity contribution is 7.88. The fourth-order valence-corrected chi connectivity index (χ4v) is 0.842. The highest BCUT2D eigenvalue weighted by atomic mass is 32.3. The molecule has 8 heteroatoms. The molecule has 0 spiro atoms. The number of ketones is 1. The maximum Gasteiger partial charge on any atom is 0.435 e. The van der Waals surface area contributed by atoms with Crippen LogP contribution >= 0.6 is 0 Å². The summed E-state index contributed by atoms with van der Waals surface area (Å²) in [6, 6.07) is -0.121. The molecule has 0 bridgehead atoms. The van der Waals surface area contributed by atoms with E-state index >= 15 is 0 Å². The monoisotopic (exact) mass is 245 g/mol. The van der Waals surface area contributed by atoms with Crippen molar-refractivity contribution in [1.82, 2.24) is 5.32 Å². The zero-order valence-corrected chi connectivity index (χ0v) is 8.82. The van der Waals surface area contributed by atoms with Gasteiger partial charge in [0.15, 0.2) is 0 Å². The van der Waals surface area contributed by atoms with E-state index in [0.29, 0.717) is 0 Å². The summed E-state index contributed by atoms with van der Waals surface area (Å²) in [5.74, 6) is -2.13. The van der Waals surface area contributed by atoms with E-state index in [1.54, 1.807) is 13.8 Å². The van der Waals surface area contributed by atoms with Crippen LogP contribution in [0, 0.1) is 0 Å². The number of alkyl halides is 2. The van der Waals surface area contributed by atoms with Crippen LogP contribution in [0.25, 0.3) is 0 Å². The van der Waals surface area contributed by atoms with Gasteiger partial charge in [-0.15, -0.1) is 0 Å². The van der Waals surface area contributed by atoms with E-state index in [4.69, 9.17) is 0 Å². The molecule has 0 aromatic rings. The Hall–Kier alpha value is -1.05. The standard InChI is InChI=1S/C7H10F3NO3S/c1-5(2)11-4-3-6(12)7(8,9)15(10,13)14/h3-5,11H,1-2H3/b4-3+. The summed E-state index contributed by atoms with van der Waals surface area (Å²) < 4.78 is 56.7. The zero-order valence-electron chi connectivity index (χ0n) is 8.00. The van der Waals surface area contributed by atoms with Gasteiger partial charge < -0.3 is 5.32 Å². The number of halogens is 3. The van der Waals surface area contributed by atoms with Gasteiger partial charge in [0.2, 0.25) is 5.78 Å². The topological polar surface area (TPSA) is 63.2 Å². The van der Waals surface area contributed by atoms with Gasteiger partial charge in [0.1, 0.15) is 0 Å². The van der Waals surface area contributed by atoms with Gasteiger partial charge in [-0.1, -0.05) is 3.89 Å². The number of allylic oxidation sites excluding steroid dienone is 1. The van der Waals surface area contributed by atoms with Crippen molar-refractivity contribution in [3.05, 3.63) is 12.3 Å². The first-order chi connectivity index (χ1) is 6.59. The third-order valence-corrected chi connectivity index (χ3v) is 2.07. The summed E-state index contributed by atoms with van der Waals surface area (Å²) in [6.07, 6.45) is 1.11. The highest BCUT2D eigenvalue weighted by Gasteiger charge is 2.52. The SMILES string of the molecule is CC(C)N/C=C/C(=O)C(F)(F)S(=O)(=O)F. The molecule has 0 amide bonds. The largest absolute Gasteiger partial charge is 0.435 e. The lowest BCUT2D eigenvalue weighted by molar-refractivity contribution is -0.128. The molecule has 0 radical (unpaired) electrons. The Kier molecular flexibility index (Phi) is 4.32. The Bertz CT molecular complexity index is 362. The summed E-state index contributed by atoms with van der Waals surface area (Å²) >= 11 is 0. The van der Waals surface area contributed by atoms with Crippen LogP contribution < -0.4 is 5.32 Å². The van der Waals surface area contributed by atoms with Crippen LogP contribution in [-0.2, 0) is 15.0 Å². The Balaban J connectivity index is 4.67. The van der Waals surface area contributed by atoms with Crippen molar-refractivity contribution in [2.75, 3.05) is 0 Å². The molecule has 0 aliphatic rings. The molecule has 0 fully saturated rings. The van der Waals surface area contributed by atoms with Gasteiger partial charge in [-0.3, -0.25) is 4.79 Å². The molecule has 0 saturated carbocycles. The summed E-state index contributed by atoms with van der Waals surface area (Å²) in [5, 5.41) is -2.58. The number of carbonyl (C=O) groups excluding carboxylic acids is 1. The first-order valence-corrected chi connectivity index (χ1v) is 5.26. The Morgan fingerprint density at radius 2 is 1.87 bits per heavy atom. The van der Waals surface area contributed by atoms with Gasteiger partial charge in [-0.05, 0) is 13.8 Å². The first-order valence-electron chi connectivity index (χ1n) is 3.88. The van der Waals surface area contributed by atoms with E-state index in [0.717, 1.165) is 6.20 Å². The van der Waals surface area contributed by atoms with Crippen LogP contribution in [0.15, 0.2) is 12.3 Å². The molecule has 0 aromatic heterocycles. The molecule has 4 nitrogen and oxygen atoms in total. The van der Waals surface area contributed by atoms with Gasteiger partial charge in [0.05, 0.1) is 0 Å². The average molecular weight is 245 g/mol. The fourth-order valence-electron chi connectivity index (χ4n) is 0.533.